The summed E-state index contributed by atoms with van der Waals surface area (Å²) >= 11 is 1.03. The SMILES string of the molecule is [C-]#[N+]Cc1ccc(F)s1. The van der Waals surface area contributed by atoms with Gasteiger partial charge in [-0.2, -0.15) is 4.39 Å². The van der Waals surface area contributed by atoms with Gasteiger partial charge >= 0.3 is 0 Å². The van der Waals surface area contributed by atoms with E-state index in [0.29, 0.717) is 6.54 Å². The number of halogens is 1. The molecule has 1 heterocycles. The molecule has 0 saturated carbocycles. The van der Waals surface area contributed by atoms with Crippen LogP contribution in [0.3, 0.4) is 0 Å². The Bertz CT molecular complexity index is 235. The van der Waals surface area contributed by atoms with E-state index in [1.807, 2.05) is 0 Å². The maximum atomic E-state index is 12.2. The monoisotopic (exact) mass is 141 g/mol. The van der Waals surface area contributed by atoms with Gasteiger partial charge in [0, 0.05) is 0 Å². The largest absolute Gasteiger partial charge is 0.311 e. The highest BCUT2D eigenvalue weighted by Gasteiger charge is 1.98. The molecular weight excluding hydrogens is 137 g/mol. The zero-order valence-electron chi connectivity index (χ0n) is 4.60. The van der Waals surface area contributed by atoms with E-state index in [1.165, 1.54) is 6.07 Å². The standard InChI is InChI=1S/C6H4FNS/c1-8-4-5-2-3-6(7)9-5/h2-3H,4H2. The van der Waals surface area contributed by atoms with E-state index in [1.54, 1.807) is 6.07 Å². The predicted molar refractivity (Wildman–Crippen MR) is 34.6 cm³/mol. The second-order valence-corrected chi connectivity index (χ2v) is 2.64. The van der Waals surface area contributed by atoms with Gasteiger partial charge in [0.05, 0.1) is 4.88 Å². The van der Waals surface area contributed by atoms with Crippen LogP contribution in [0.4, 0.5) is 4.39 Å². The van der Waals surface area contributed by atoms with Crippen molar-refractivity contribution in [3.63, 3.8) is 0 Å². The smallest absolute Gasteiger partial charge is 0.248 e. The lowest BCUT2D eigenvalue weighted by Gasteiger charge is -1.75. The van der Waals surface area contributed by atoms with E-state index in [0.717, 1.165) is 16.2 Å². The molecular formula is C6H4FNS. The Kier molecular flexibility index (Phi) is 1.81. The molecule has 0 amide bonds. The minimum Gasteiger partial charge on any atom is -0.311 e. The van der Waals surface area contributed by atoms with Crippen LogP contribution in [0.25, 0.3) is 4.85 Å². The van der Waals surface area contributed by atoms with E-state index in [9.17, 15) is 4.39 Å². The number of nitrogens with zero attached hydrogens (tertiary/aromatic N) is 1. The maximum absolute atomic E-state index is 12.2. The molecule has 1 aromatic heterocycles. The predicted octanol–water partition coefficient (Wildman–Crippen LogP) is 2.31. The van der Waals surface area contributed by atoms with Gasteiger partial charge in [0.25, 0.3) is 0 Å². The van der Waals surface area contributed by atoms with Gasteiger partial charge in [0.15, 0.2) is 5.13 Å². The topological polar surface area (TPSA) is 4.36 Å². The summed E-state index contributed by atoms with van der Waals surface area (Å²) in [6, 6.07) is 3.02. The third-order valence-corrected chi connectivity index (χ3v) is 1.72. The van der Waals surface area contributed by atoms with Crippen LogP contribution in [0.2, 0.25) is 0 Å². The zero-order valence-corrected chi connectivity index (χ0v) is 5.41. The fraction of sp³-hybridized carbons (Fsp3) is 0.167. The quantitative estimate of drug-likeness (QED) is 0.528. The molecule has 0 saturated heterocycles. The second kappa shape index (κ2) is 2.60. The molecule has 0 aromatic carbocycles. The minimum absolute atomic E-state index is 0.214. The number of thiophene rings is 1. The lowest BCUT2D eigenvalue weighted by Crippen LogP contribution is -1.64. The molecule has 0 atom stereocenters. The highest BCUT2D eigenvalue weighted by Crippen LogP contribution is 2.14. The first-order valence-electron chi connectivity index (χ1n) is 2.40. The summed E-state index contributed by atoms with van der Waals surface area (Å²) in [7, 11) is 0. The Morgan fingerprint density at radius 1 is 1.67 bits per heavy atom. The van der Waals surface area contributed by atoms with E-state index in [-0.39, 0.29) is 5.13 Å². The summed E-state index contributed by atoms with van der Waals surface area (Å²) in [5.74, 6) is 0. The Morgan fingerprint density at radius 2 is 2.44 bits per heavy atom. The number of hydrogen-bond acceptors (Lipinski definition) is 1. The maximum Gasteiger partial charge on any atom is 0.248 e. The molecule has 0 aliphatic rings. The van der Waals surface area contributed by atoms with Gasteiger partial charge < -0.3 is 4.85 Å². The average Bonchev–Trinajstić information content (AvgIpc) is 2.17. The summed E-state index contributed by atoms with van der Waals surface area (Å²) < 4.78 is 12.2. The van der Waals surface area contributed by atoms with E-state index < -0.39 is 0 Å². The summed E-state index contributed by atoms with van der Waals surface area (Å²) in [5, 5.41) is -0.214. The normalized spacial score (nSPS) is 8.89. The third-order valence-electron chi connectivity index (χ3n) is 0.864. The van der Waals surface area contributed by atoms with Crippen LogP contribution >= 0.6 is 11.3 Å². The Balaban J connectivity index is 2.76. The molecule has 1 rings (SSSR count). The molecule has 0 unspecified atom stereocenters. The molecule has 0 aliphatic carbocycles. The fourth-order valence-electron chi connectivity index (χ4n) is 0.515. The van der Waals surface area contributed by atoms with Crippen molar-refractivity contribution in [1.29, 1.82) is 0 Å². The molecule has 1 aromatic rings. The fourth-order valence-corrected chi connectivity index (χ4v) is 1.17. The van der Waals surface area contributed by atoms with Gasteiger partial charge in [-0.15, -0.1) is 11.3 Å². The van der Waals surface area contributed by atoms with Crippen molar-refractivity contribution in [1.82, 2.24) is 0 Å². The highest BCUT2D eigenvalue weighted by molar-refractivity contribution is 7.10. The van der Waals surface area contributed by atoms with Crippen LogP contribution in [-0.2, 0) is 6.54 Å². The molecule has 0 N–H and O–H groups in total. The van der Waals surface area contributed by atoms with Crippen molar-refractivity contribution >= 4 is 11.3 Å². The van der Waals surface area contributed by atoms with Crippen molar-refractivity contribution in [3.8, 4) is 0 Å². The van der Waals surface area contributed by atoms with E-state index in [2.05, 4.69) is 4.85 Å². The zero-order chi connectivity index (χ0) is 6.69. The Morgan fingerprint density at radius 3 is 2.89 bits per heavy atom. The molecule has 46 valence electrons. The number of rotatable bonds is 1. The lowest BCUT2D eigenvalue weighted by atomic mass is 10.5. The molecule has 0 radical (unpaired) electrons. The Hall–Kier alpha value is -0.880. The Labute approximate surface area is 56.6 Å². The van der Waals surface area contributed by atoms with Crippen LogP contribution in [0.1, 0.15) is 4.88 Å². The van der Waals surface area contributed by atoms with Gasteiger partial charge in [-0.05, 0) is 12.1 Å². The molecule has 0 bridgehead atoms. The van der Waals surface area contributed by atoms with Crippen LogP contribution in [0.5, 0.6) is 0 Å². The summed E-state index contributed by atoms with van der Waals surface area (Å²) in [4.78, 5) is 3.91. The van der Waals surface area contributed by atoms with Crippen molar-refractivity contribution < 1.29 is 4.39 Å². The molecule has 3 heteroatoms. The van der Waals surface area contributed by atoms with Crippen molar-refractivity contribution in [2.45, 2.75) is 6.54 Å². The summed E-state index contributed by atoms with van der Waals surface area (Å²) in [6.07, 6.45) is 0. The highest BCUT2D eigenvalue weighted by atomic mass is 32.1. The molecule has 0 aliphatic heterocycles. The first kappa shape index (κ1) is 6.24. The first-order chi connectivity index (χ1) is 4.33. The van der Waals surface area contributed by atoms with Crippen LogP contribution in [0.15, 0.2) is 12.1 Å². The van der Waals surface area contributed by atoms with Crippen LogP contribution in [0, 0.1) is 11.7 Å². The first-order valence-corrected chi connectivity index (χ1v) is 3.22. The summed E-state index contributed by atoms with van der Waals surface area (Å²) in [5.41, 5.74) is 0. The minimum atomic E-state index is -0.214. The van der Waals surface area contributed by atoms with Crippen molar-refractivity contribution in [3.05, 3.63) is 33.6 Å². The lowest BCUT2D eigenvalue weighted by molar-refractivity contribution is 0.657. The van der Waals surface area contributed by atoms with Crippen LogP contribution < -0.4 is 0 Å². The molecule has 1 nitrogen and oxygen atoms in total. The number of hydrogen-bond donors (Lipinski definition) is 0. The van der Waals surface area contributed by atoms with E-state index >= 15 is 0 Å². The van der Waals surface area contributed by atoms with Gasteiger partial charge in [-0.1, -0.05) is 0 Å². The summed E-state index contributed by atoms with van der Waals surface area (Å²) in [6.45, 7) is 6.76. The second-order valence-electron chi connectivity index (χ2n) is 1.52. The van der Waals surface area contributed by atoms with Gasteiger partial charge in [0.1, 0.15) is 0 Å². The van der Waals surface area contributed by atoms with Crippen molar-refractivity contribution in [2.24, 2.45) is 0 Å². The molecule has 9 heavy (non-hydrogen) atoms. The van der Waals surface area contributed by atoms with Gasteiger partial charge in [0.2, 0.25) is 6.54 Å². The van der Waals surface area contributed by atoms with Gasteiger partial charge in [-0.3, -0.25) is 0 Å². The molecule has 0 spiro atoms. The van der Waals surface area contributed by atoms with Crippen LogP contribution in [-0.4, -0.2) is 0 Å². The molecule has 0 fully saturated rings. The van der Waals surface area contributed by atoms with Gasteiger partial charge in [-0.25, -0.2) is 6.57 Å². The third kappa shape index (κ3) is 1.51. The average molecular weight is 141 g/mol. The van der Waals surface area contributed by atoms with Crippen molar-refractivity contribution in [2.75, 3.05) is 0 Å². The van der Waals surface area contributed by atoms with E-state index in [4.69, 9.17) is 6.57 Å².